The van der Waals surface area contributed by atoms with E-state index in [0.29, 0.717) is 0 Å². The van der Waals surface area contributed by atoms with Crippen molar-refractivity contribution in [2.75, 3.05) is 0 Å². The molecule has 20 heavy (non-hydrogen) atoms. The van der Waals surface area contributed by atoms with Crippen LogP contribution in [0.4, 0.5) is 0 Å². The van der Waals surface area contributed by atoms with Crippen molar-refractivity contribution in [2.45, 2.75) is 45.1 Å². The Labute approximate surface area is 120 Å². The first-order valence-corrected chi connectivity index (χ1v) is 7.05. The Morgan fingerprint density at radius 2 is 1.95 bits per heavy atom. The van der Waals surface area contributed by atoms with Crippen molar-refractivity contribution in [3.8, 4) is 0 Å². The molecule has 0 bridgehead atoms. The third-order valence-corrected chi connectivity index (χ3v) is 4.45. The number of aliphatic hydroxyl groups is 1. The second-order valence-electron chi connectivity index (χ2n) is 6.25. The zero-order valence-corrected chi connectivity index (χ0v) is 12.1. The summed E-state index contributed by atoms with van der Waals surface area (Å²) in [6.07, 6.45) is 4.28. The van der Waals surface area contributed by atoms with Gasteiger partial charge in [0.2, 0.25) is 0 Å². The lowest BCUT2D eigenvalue weighted by molar-refractivity contribution is -0.147. The number of aliphatic carboxylic acids is 1. The molecule has 1 saturated carbocycles. The largest absolute Gasteiger partial charge is 0.481 e. The summed E-state index contributed by atoms with van der Waals surface area (Å²) < 4.78 is 0. The van der Waals surface area contributed by atoms with E-state index in [1.807, 2.05) is 50.3 Å². The van der Waals surface area contributed by atoms with Gasteiger partial charge < -0.3 is 10.2 Å². The van der Waals surface area contributed by atoms with Crippen molar-refractivity contribution in [2.24, 2.45) is 5.41 Å². The van der Waals surface area contributed by atoms with Gasteiger partial charge in [0, 0.05) is 0 Å². The van der Waals surface area contributed by atoms with Crippen molar-refractivity contribution >= 4 is 12.0 Å². The number of carboxylic acid groups (broad SMARTS) is 1. The molecule has 0 aliphatic heterocycles. The van der Waals surface area contributed by atoms with Gasteiger partial charge in [0.1, 0.15) is 5.60 Å². The predicted molar refractivity (Wildman–Crippen MR) is 79.3 cm³/mol. The molecule has 0 amide bonds. The number of carbonyl (C=O) groups is 1. The Hall–Kier alpha value is -1.61. The monoisotopic (exact) mass is 274 g/mol. The van der Waals surface area contributed by atoms with Crippen molar-refractivity contribution < 1.29 is 15.0 Å². The number of carboxylic acids is 1. The molecule has 0 unspecified atom stereocenters. The van der Waals surface area contributed by atoms with Gasteiger partial charge in [-0.15, -0.1) is 0 Å². The summed E-state index contributed by atoms with van der Waals surface area (Å²) in [4.78, 5) is 11.2. The van der Waals surface area contributed by atoms with Crippen LogP contribution >= 0.6 is 0 Å². The van der Waals surface area contributed by atoms with Crippen LogP contribution in [0.2, 0.25) is 0 Å². The highest BCUT2D eigenvalue weighted by Crippen LogP contribution is 2.49. The average Bonchev–Trinajstić information content (AvgIpc) is 2.36. The number of rotatable bonds is 3. The van der Waals surface area contributed by atoms with Gasteiger partial charge in [0.05, 0.1) is 6.42 Å². The normalized spacial score (nSPS) is 27.4. The molecular formula is C17H22O3. The molecular weight excluding hydrogens is 252 g/mol. The minimum atomic E-state index is -1.27. The molecule has 1 aliphatic rings. The van der Waals surface area contributed by atoms with Gasteiger partial charge >= 0.3 is 5.97 Å². The van der Waals surface area contributed by atoms with Crippen LogP contribution in [0.15, 0.2) is 35.9 Å². The van der Waals surface area contributed by atoms with Crippen LogP contribution in [0, 0.1) is 5.41 Å². The molecule has 3 heteroatoms. The van der Waals surface area contributed by atoms with E-state index in [9.17, 15) is 9.90 Å². The topological polar surface area (TPSA) is 57.5 Å². The van der Waals surface area contributed by atoms with Crippen LogP contribution in [0.25, 0.3) is 6.08 Å². The maximum atomic E-state index is 11.2. The lowest BCUT2D eigenvalue weighted by Gasteiger charge is -2.47. The Morgan fingerprint density at radius 3 is 2.55 bits per heavy atom. The van der Waals surface area contributed by atoms with Crippen LogP contribution in [0.1, 0.15) is 45.1 Å². The first-order valence-electron chi connectivity index (χ1n) is 7.05. The first kappa shape index (κ1) is 14.8. The fourth-order valence-corrected chi connectivity index (χ4v) is 3.08. The summed E-state index contributed by atoms with van der Waals surface area (Å²) in [5, 5.41) is 20.2. The lowest BCUT2D eigenvalue weighted by atomic mass is 9.61. The molecule has 2 rings (SSSR count). The zero-order valence-electron chi connectivity index (χ0n) is 12.1. The van der Waals surface area contributed by atoms with E-state index in [-0.39, 0.29) is 6.42 Å². The van der Waals surface area contributed by atoms with Crippen molar-refractivity contribution in [3.63, 3.8) is 0 Å². The SMILES string of the molecule is CC1(C)CCC/C(=C\c2ccccc2)[C@@]1(O)CC(=O)O. The second-order valence-corrected chi connectivity index (χ2v) is 6.25. The van der Waals surface area contributed by atoms with E-state index in [1.165, 1.54) is 0 Å². The van der Waals surface area contributed by atoms with E-state index in [2.05, 4.69) is 0 Å². The maximum absolute atomic E-state index is 11.2. The Kier molecular flexibility index (Phi) is 4.00. The molecule has 0 radical (unpaired) electrons. The molecule has 1 fully saturated rings. The maximum Gasteiger partial charge on any atom is 0.306 e. The van der Waals surface area contributed by atoms with Crippen LogP contribution in [0.5, 0.6) is 0 Å². The molecule has 0 aromatic heterocycles. The van der Waals surface area contributed by atoms with Gasteiger partial charge in [0.15, 0.2) is 0 Å². The Bertz CT molecular complexity index is 516. The second kappa shape index (κ2) is 5.41. The zero-order chi connectivity index (χ0) is 14.8. The van der Waals surface area contributed by atoms with Gasteiger partial charge in [-0.05, 0) is 35.8 Å². The minimum absolute atomic E-state index is 0.237. The Balaban J connectivity index is 2.43. The third-order valence-electron chi connectivity index (χ3n) is 4.45. The van der Waals surface area contributed by atoms with Gasteiger partial charge in [-0.3, -0.25) is 4.79 Å². The van der Waals surface area contributed by atoms with Crippen LogP contribution in [-0.4, -0.2) is 21.8 Å². The van der Waals surface area contributed by atoms with Crippen molar-refractivity contribution in [1.82, 2.24) is 0 Å². The minimum Gasteiger partial charge on any atom is -0.481 e. The molecule has 3 nitrogen and oxygen atoms in total. The molecule has 0 spiro atoms. The fourth-order valence-electron chi connectivity index (χ4n) is 3.08. The average molecular weight is 274 g/mol. The number of benzene rings is 1. The molecule has 2 N–H and O–H groups in total. The smallest absolute Gasteiger partial charge is 0.306 e. The van der Waals surface area contributed by atoms with Crippen LogP contribution in [0.3, 0.4) is 0 Å². The van der Waals surface area contributed by atoms with Gasteiger partial charge in [-0.1, -0.05) is 50.3 Å². The van der Waals surface area contributed by atoms with E-state index in [4.69, 9.17) is 5.11 Å². The molecule has 1 atom stereocenters. The summed E-state index contributed by atoms with van der Waals surface area (Å²) in [7, 11) is 0. The van der Waals surface area contributed by atoms with E-state index in [1.54, 1.807) is 0 Å². The van der Waals surface area contributed by atoms with E-state index in [0.717, 1.165) is 30.4 Å². The van der Waals surface area contributed by atoms with Gasteiger partial charge in [-0.25, -0.2) is 0 Å². The molecule has 1 aromatic rings. The van der Waals surface area contributed by atoms with Crippen LogP contribution < -0.4 is 0 Å². The van der Waals surface area contributed by atoms with Crippen molar-refractivity contribution in [1.29, 1.82) is 0 Å². The molecule has 0 heterocycles. The highest BCUT2D eigenvalue weighted by Gasteiger charge is 2.49. The summed E-state index contributed by atoms with van der Waals surface area (Å²) in [6.45, 7) is 3.90. The standard InChI is InChI=1S/C17H22O3/c1-16(2)10-6-9-14(17(16,20)12-15(18)19)11-13-7-4-3-5-8-13/h3-5,7-8,11,20H,6,9-10,12H2,1-2H3,(H,18,19)/b14-11+/t17-/m0/s1. The number of hydrogen-bond donors (Lipinski definition) is 2. The summed E-state index contributed by atoms with van der Waals surface area (Å²) in [6, 6.07) is 9.76. The third kappa shape index (κ3) is 2.78. The van der Waals surface area contributed by atoms with Gasteiger partial charge in [-0.2, -0.15) is 0 Å². The van der Waals surface area contributed by atoms with E-state index < -0.39 is 17.0 Å². The number of hydrogen-bond acceptors (Lipinski definition) is 2. The quantitative estimate of drug-likeness (QED) is 0.887. The van der Waals surface area contributed by atoms with Crippen LogP contribution in [-0.2, 0) is 4.79 Å². The van der Waals surface area contributed by atoms with Crippen molar-refractivity contribution in [3.05, 3.63) is 41.5 Å². The highest BCUT2D eigenvalue weighted by atomic mass is 16.4. The predicted octanol–water partition coefficient (Wildman–Crippen LogP) is 3.49. The van der Waals surface area contributed by atoms with E-state index >= 15 is 0 Å². The molecule has 1 aliphatic carbocycles. The summed E-state index contributed by atoms with van der Waals surface area (Å²) >= 11 is 0. The fraction of sp³-hybridized carbons (Fsp3) is 0.471. The lowest BCUT2D eigenvalue weighted by Crippen LogP contribution is -2.50. The molecule has 1 aromatic carbocycles. The highest BCUT2D eigenvalue weighted by molar-refractivity contribution is 5.71. The van der Waals surface area contributed by atoms with Gasteiger partial charge in [0.25, 0.3) is 0 Å². The molecule has 108 valence electrons. The molecule has 0 saturated heterocycles. The Morgan fingerprint density at radius 1 is 1.30 bits per heavy atom. The first-order chi connectivity index (χ1) is 9.35. The summed E-state index contributed by atoms with van der Waals surface area (Å²) in [5.41, 5.74) is 0.142. The summed E-state index contributed by atoms with van der Waals surface area (Å²) in [5.74, 6) is -0.957.